The highest BCUT2D eigenvalue weighted by Crippen LogP contribution is 2.37. The fourth-order valence-corrected chi connectivity index (χ4v) is 4.40. The molecule has 0 rings (SSSR count). The second-order valence-electron chi connectivity index (χ2n) is 11.4. The van der Waals surface area contributed by atoms with Crippen LogP contribution in [0.1, 0.15) is 94.9 Å². The highest BCUT2D eigenvalue weighted by atomic mass is 32.2. The van der Waals surface area contributed by atoms with Crippen LogP contribution >= 0.6 is 0 Å². The van der Waals surface area contributed by atoms with E-state index in [9.17, 15) is 13.2 Å². The average molecular weight is 402 g/mol. The van der Waals surface area contributed by atoms with Crippen LogP contribution in [0, 0.1) is 10.8 Å². The Labute approximate surface area is 168 Å². The molecule has 0 unspecified atom stereocenters. The van der Waals surface area contributed by atoms with Gasteiger partial charge in [-0.15, -0.1) is 0 Å². The molecule has 1 amide bonds. The summed E-state index contributed by atoms with van der Waals surface area (Å²) in [6, 6.07) is 0. The van der Waals surface area contributed by atoms with Crippen molar-refractivity contribution in [1.29, 1.82) is 0 Å². The molecule has 0 bridgehead atoms. The molecule has 4 nitrogen and oxygen atoms in total. The van der Waals surface area contributed by atoms with Crippen molar-refractivity contribution < 1.29 is 13.2 Å². The molecule has 1 N–H and O–H groups in total. The molecule has 0 aliphatic carbocycles. The summed E-state index contributed by atoms with van der Waals surface area (Å²) in [5.74, 6) is 0.163. The monoisotopic (exact) mass is 401 g/mol. The Bertz CT molecular complexity index is 629. The van der Waals surface area contributed by atoms with E-state index in [1.54, 1.807) is 0 Å². The Morgan fingerprint density at radius 2 is 1.33 bits per heavy atom. The average Bonchev–Trinajstić information content (AvgIpc) is 2.40. The van der Waals surface area contributed by atoms with Crippen molar-refractivity contribution >= 4 is 15.7 Å². The fourth-order valence-electron chi connectivity index (χ4n) is 2.56. The Morgan fingerprint density at radius 1 is 0.852 bits per heavy atom. The minimum Gasteiger partial charge on any atom is -0.351 e. The van der Waals surface area contributed by atoms with Gasteiger partial charge < -0.3 is 5.32 Å². The molecular weight excluding hydrogens is 358 g/mol. The summed E-state index contributed by atoms with van der Waals surface area (Å²) >= 11 is 0. The van der Waals surface area contributed by atoms with Crippen LogP contribution in [0.15, 0.2) is 12.2 Å². The van der Waals surface area contributed by atoms with E-state index in [2.05, 4.69) is 32.7 Å². The zero-order valence-corrected chi connectivity index (χ0v) is 20.2. The van der Waals surface area contributed by atoms with Gasteiger partial charge in [-0.1, -0.05) is 46.8 Å². The number of hydrogen-bond acceptors (Lipinski definition) is 3. The minimum absolute atomic E-state index is 0.00285. The van der Waals surface area contributed by atoms with Crippen LogP contribution in [0.3, 0.4) is 0 Å². The molecular formula is C22H43NO3S. The maximum Gasteiger partial charge on any atom is 0.224 e. The minimum atomic E-state index is -3.20. The highest BCUT2D eigenvalue weighted by molar-refractivity contribution is 7.92. The van der Waals surface area contributed by atoms with E-state index >= 15 is 0 Å². The molecule has 0 saturated heterocycles. The summed E-state index contributed by atoms with van der Waals surface area (Å²) in [4.78, 5) is 12.2. The smallest absolute Gasteiger partial charge is 0.224 e. The van der Waals surface area contributed by atoms with Crippen LogP contribution in [0.4, 0.5) is 0 Å². The van der Waals surface area contributed by atoms with E-state index in [0.29, 0.717) is 19.3 Å². The van der Waals surface area contributed by atoms with Gasteiger partial charge in [-0.25, -0.2) is 8.42 Å². The van der Waals surface area contributed by atoms with Gasteiger partial charge in [-0.05, 0) is 64.7 Å². The number of hydrogen-bond donors (Lipinski definition) is 1. The van der Waals surface area contributed by atoms with Crippen molar-refractivity contribution in [1.82, 2.24) is 5.32 Å². The van der Waals surface area contributed by atoms with Crippen LogP contribution < -0.4 is 5.32 Å². The Morgan fingerprint density at radius 3 is 1.74 bits per heavy atom. The summed E-state index contributed by atoms with van der Waals surface area (Å²) in [7, 11) is -3.20. The molecule has 0 saturated carbocycles. The lowest BCUT2D eigenvalue weighted by Gasteiger charge is -2.33. The third kappa shape index (κ3) is 9.77. The van der Waals surface area contributed by atoms with E-state index in [1.807, 2.05) is 48.5 Å². The standard InChI is InChI=1S/C22H43NO3S/c1-17(16-18(24)23-20(5,6)7)21(8,9)12-13-22(10,11)27(25,26)15-14-19(2,3)4/h1,12-16H2,2-11H3,(H,23,24). The van der Waals surface area contributed by atoms with Gasteiger partial charge >= 0.3 is 0 Å². The van der Waals surface area contributed by atoms with Crippen molar-refractivity contribution in [2.24, 2.45) is 10.8 Å². The van der Waals surface area contributed by atoms with Crippen molar-refractivity contribution in [3.63, 3.8) is 0 Å². The predicted octanol–water partition coefficient (Wildman–Crippen LogP) is 5.28. The largest absolute Gasteiger partial charge is 0.351 e. The molecule has 0 aliphatic rings. The number of rotatable bonds is 9. The first-order chi connectivity index (χ1) is 11.7. The highest BCUT2D eigenvalue weighted by Gasteiger charge is 2.37. The first kappa shape index (κ1) is 26.2. The van der Waals surface area contributed by atoms with Crippen molar-refractivity contribution in [2.75, 3.05) is 5.75 Å². The Kier molecular flexibility index (Phi) is 8.40. The quantitative estimate of drug-likeness (QED) is 0.534. The number of carbonyl (C=O) groups is 1. The second-order valence-corrected chi connectivity index (χ2v) is 14.1. The molecule has 0 radical (unpaired) electrons. The lowest BCUT2D eigenvalue weighted by molar-refractivity contribution is -0.122. The third-order valence-corrected chi connectivity index (χ3v) is 7.79. The van der Waals surface area contributed by atoms with Crippen LogP contribution in [-0.2, 0) is 14.6 Å². The second kappa shape index (κ2) is 8.67. The van der Waals surface area contributed by atoms with Gasteiger partial charge in [-0.2, -0.15) is 0 Å². The SMILES string of the molecule is C=C(CC(=O)NC(C)(C)C)C(C)(C)CCC(C)(C)S(=O)(=O)CCC(C)(C)C. The first-order valence-corrected chi connectivity index (χ1v) is 11.6. The molecule has 0 aromatic carbocycles. The van der Waals surface area contributed by atoms with E-state index < -0.39 is 14.6 Å². The number of amides is 1. The van der Waals surface area contributed by atoms with Gasteiger partial charge in [0.2, 0.25) is 5.91 Å². The molecule has 0 fully saturated rings. The molecule has 160 valence electrons. The summed E-state index contributed by atoms with van der Waals surface area (Å²) in [6.07, 6.45) is 2.14. The topological polar surface area (TPSA) is 63.2 Å². The molecule has 0 aliphatic heterocycles. The zero-order chi connectivity index (χ0) is 21.9. The van der Waals surface area contributed by atoms with Gasteiger partial charge in [0.05, 0.1) is 10.5 Å². The molecule has 0 heterocycles. The fraction of sp³-hybridized carbons (Fsp3) is 0.864. The maximum absolute atomic E-state index is 12.8. The number of sulfone groups is 1. The van der Waals surface area contributed by atoms with Crippen LogP contribution in [-0.4, -0.2) is 30.4 Å². The summed E-state index contributed by atoms with van der Waals surface area (Å²) in [5.41, 5.74) is 0.264. The van der Waals surface area contributed by atoms with Gasteiger partial charge in [0, 0.05) is 12.0 Å². The molecule has 0 atom stereocenters. The third-order valence-electron chi connectivity index (χ3n) is 5.16. The Balaban J connectivity index is 4.94. The van der Waals surface area contributed by atoms with Gasteiger partial charge in [0.15, 0.2) is 9.84 Å². The number of nitrogens with one attached hydrogen (secondary N) is 1. The number of carbonyl (C=O) groups excluding carboxylic acids is 1. The van der Waals surface area contributed by atoms with Crippen LogP contribution in [0.5, 0.6) is 0 Å². The normalized spacial score (nSPS) is 14.1. The van der Waals surface area contributed by atoms with Crippen molar-refractivity contribution in [2.45, 2.75) is 105 Å². The van der Waals surface area contributed by atoms with Crippen molar-refractivity contribution in [3.05, 3.63) is 12.2 Å². The van der Waals surface area contributed by atoms with E-state index in [1.165, 1.54) is 0 Å². The lowest BCUT2D eigenvalue weighted by Crippen LogP contribution is -2.41. The lowest BCUT2D eigenvalue weighted by atomic mass is 9.77. The zero-order valence-electron chi connectivity index (χ0n) is 19.4. The van der Waals surface area contributed by atoms with Crippen LogP contribution in [0.2, 0.25) is 0 Å². The van der Waals surface area contributed by atoms with Gasteiger partial charge in [0.1, 0.15) is 0 Å². The Hall–Kier alpha value is -0.840. The van der Waals surface area contributed by atoms with E-state index in [-0.39, 0.29) is 34.4 Å². The van der Waals surface area contributed by atoms with Crippen LogP contribution in [0.25, 0.3) is 0 Å². The van der Waals surface area contributed by atoms with Gasteiger partial charge in [-0.3, -0.25) is 4.79 Å². The molecule has 0 spiro atoms. The summed E-state index contributed by atoms with van der Waals surface area (Å²) in [6.45, 7) is 23.9. The van der Waals surface area contributed by atoms with Gasteiger partial charge in [0.25, 0.3) is 0 Å². The summed E-state index contributed by atoms with van der Waals surface area (Å²) in [5, 5.41) is 2.95. The predicted molar refractivity (Wildman–Crippen MR) is 117 cm³/mol. The van der Waals surface area contributed by atoms with Crippen molar-refractivity contribution in [3.8, 4) is 0 Å². The molecule has 0 aromatic heterocycles. The first-order valence-electron chi connectivity index (χ1n) is 9.90. The molecule has 0 aromatic rings. The van der Waals surface area contributed by atoms with E-state index in [0.717, 1.165) is 5.57 Å². The maximum atomic E-state index is 12.8. The summed E-state index contributed by atoms with van der Waals surface area (Å²) < 4.78 is 24.9. The molecule has 5 heteroatoms. The molecule has 27 heavy (non-hydrogen) atoms. The van der Waals surface area contributed by atoms with E-state index in [4.69, 9.17) is 0 Å².